The molecule has 0 bridgehead atoms. The zero-order valence-electron chi connectivity index (χ0n) is 15.7. The van der Waals surface area contributed by atoms with Crippen molar-refractivity contribution in [1.29, 1.82) is 0 Å². The average Bonchev–Trinajstić information content (AvgIpc) is 3.42. The van der Waals surface area contributed by atoms with Crippen molar-refractivity contribution in [2.45, 2.75) is 32.4 Å². The summed E-state index contributed by atoms with van der Waals surface area (Å²) < 4.78 is 20.7. The standard InChI is InChI=1S/C21H20FN3O3/c1-12-17(8-14(9-18(12)22)21(27)24-16-4-5-16)13-3-6-19-15(7-13)10-23-25(19)11-20(26)28-2/h3,6-10,16H,4-5,11H2,1-2H3,(H,24,27). The number of amides is 1. The number of benzene rings is 2. The van der Waals surface area contributed by atoms with Gasteiger partial charge in [-0.3, -0.25) is 14.3 Å². The highest BCUT2D eigenvalue weighted by Crippen LogP contribution is 2.30. The maximum absolute atomic E-state index is 14.5. The van der Waals surface area contributed by atoms with Gasteiger partial charge < -0.3 is 10.1 Å². The van der Waals surface area contributed by atoms with Gasteiger partial charge in [0.1, 0.15) is 12.4 Å². The first-order valence-corrected chi connectivity index (χ1v) is 9.10. The van der Waals surface area contributed by atoms with E-state index in [4.69, 9.17) is 0 Å². The molecular weight excluding hydrogens is 361 g/mol. The summed E-state index contributed by atoms with van der Waals surface area (Å²) in [5, 5.41) is 7.92. The molecule has 2 aromatic carbocycles. The number of carbonyl (C=O) groups is 2. The Morgan fingerprint density at radius 1 is 1.29 bits per heavy atom. The lowest BCUT2D eigenvalue weighted by atomic mass is 9.96. The van der Waals surface area contributed by atoms with Crippen LogP contribution in [0.1, 0.15) is 28.8 Å². The van der Waals surface area contributed by atoms with Crippen LogP contribution in [0.3, 0.4) is 0 Å². The van der Waals surface area contributed by atoms with Crippen molar-refractivity contribution in [3.63, 3.8) is 0 Å². The van der Waals surface area contributed by atoms with E-state index in [9.17, 15) is 14.0 Å². The fourth-order valence-electron chi connectivity index (χ4n) is 3.17. The molecule has 0 spiro atoms. The quantitative estimate of drug-likeness (QED) is 0.689. The van der Waals surface area contributed by atoms with E-state index >= 15 is 0 Å². The molecule has 1 aliphatic rings. The van der Waals surface area contributed by atoms with Crippen LogP contribution in [0.2, 0.25) is 0 Å². The topological polar surface area (TPSA) is 73.2 Å². The Balaban J connectivity index is 1.71. The highest BCUT2D eigenvalue weighted by Gasteiger charge is 2.24. The molecule has 3 aromatic rings. The molecule has 0 radical (unpaired) electrons. The van der Waals surface area contributed by atoms with Crippen LogP contribution in [-0.4, -0.2) is 34.8 Å². The van der Waals surface area contributed by atoms with Crippen LogP contribution < -0.4 is 5.32 Å². The van der Waals surface area contributed by atoms with Gasteiger partial charge in [0, 0.05) is 17.0 Å². The molecular formula is C21H20FN3O3. The van der Waals surface area contributed by atoms with Crippen LogP contribution in [0.4, 0.5) is 4.39 Å². The SMILES string of the molecule is COC(=O)Cn1ncc2cc(-c3cc(C(=O)NC4CC4)cc(F)c3C)ccc21. The van der Waals surface area contributed by atoms with Crippen LogP contribution in [0, 0.1) is 12.7 Å². The molecule has 0 atom stereocenters. The molecule has 1 amide bonds. The van der Waals surface area contributed by atoms with E-state index in [-0.39, 0.29) is 24.5 Å². The second-order valence-corrected chi connectivity index (χ2v) is 7.03. The summed E-state index contributed by atoms with van der Waals surface area (Å²) in [5.74, 6) is -1.06. The van der Waals surface area contributed by atoms with Crippen molar-refractivity contribution in [2.24, 2.45) is 0 Å². The van der Waals surface area contributed by atoms with Gasteiger partial charge in [0.2, 0.25) is 0 Å². The lowest BCUT2D eigenvalue weighted by molar-refractivity contribution is -0.141. The number of carbonyl (C=O) groups excluding carboxylic acids is 2. The zero-order chi connectivity index (χ0) is 19.8. The largest absolute Gasteiger partial charge is 0.468 e. The van der Waals surface area contributed by atoms with E-state index in [0.29, 0.717) is 16.7 Å². The van der Waals surface area contributed by atoms with Gasteiger partial charge in [0.15, 0.2) is 0 Å². The maximum Gasteiger partial charge on any atom is 0.327 e. The molecule has 1 aliphatic carbocycles. The lowest BCUT2D eigenvalue weighted by Gasteiger charge is -2.11. The zero-order valence-corrected chi connectivity index (χ0v) is 15.7. The van der Waals surface area contributed by atoms with Gasteiger partial charge in [-0.1, -0.05) is 6.07 Å². The number of nitrogens with zero attached hydrogens (tertiary/aromatic N) is 2. The van der Waals surface area contributed by atoms with E-state index < -0.39 is 5.82 Å². The second kappa shape index (κ2) is 7.07. The first kappa shape index (κ1) is 18.2. The molecule has 1 fully saturated rings. The molecule has 1 saturated carbocycles. The Morgan fingerprint density at radius 2 is 2.07 bits per heavy atom. The van der Waals surface area contributed by atoms with Crippen LogP contribution >= 0.6 is 0 Å². The number of hydrogen-bond donors (Lipinski definition) is 1. The lowest BCUT2D eigenvalue weighted by Crippen LogP contribution is -2.25. The van der Waals surface area contributed by atoms with E-state index in [1.54, 1.807) is 23.9 Å². The van der Waals surface area contributed by atoms with Crippen molar-refractivity contribution >= 4 is 22.8 Å². The van der Waals surface area contributed by atoms with Crippen LogP contribution in [-0.2, 0) is 16.1 Å². The number of methoxy groups -OCH3 is 1. The summed E-state index contributed by atoms with van der Waals surface area (Å²) in [4.78, 5) is 23.9. The van der Waals surface area contributed by atoms with Gasteiger partial charge in [-0.15, -0.1) is 0 Å². The van der Waals surface area contributed by atoms with Crippen LogP contribution in [0.5, 0.6) is 0 Å². The third-order valence-electron chi connectivity index (χ3n) is 4.98. The van der Waals surface area contributed by atoms with Crippen molar-refractivity contribution in [3.05, 3.63) is 53.5 Å². The molecule has 7 heteroatoms. The average molecular weight is 381 g/mol. The summed E-state index contributed by atoms with van der Waals surface area (Å²) in [6, 6.07) is 8.74. The van der Waals surface area contributed by atoms with Crippen LogP contribution in [0.25, 0.3) is 22.0 Å². The van der Waals surface area contributed by atoms with Crippen molar-refractivity contribution < 1.29 is 18.7 Å². The summed E-state index contributed by atoms with van der Waals surface area (Å²) >= 11 is 0. The minimum Gasteiger partial charge on any atom is -0.468 e. The number of aromatic nitrogens is 2. The van der Waals surface area contributed by atoms with Crippen molar-refractivity contribution in [2.75, 3.05) is 7.11 Å². The smallest absolute Gasteiger partial charge is 0.327 e. The highest BCUT2D eigenvalue weighted by atomic mass is 19.1. The second-order valence-electron chi connectivity index (χ2n) is 7.03. The molecule has 28 heavy (non-hydrogen) atoms. The summed E-state index contributed by atoms with van der Waals surface area (Å²) in [5.41, 5.74) is 3.00. The van der Waals surface area contributed by atoms with Gasteiger partial charge in [0.25, 0.3) is 5.91 Å². The third-order valence-corrected chi connectivity index (χ3v) is 4.98. The normalized spacial score (nSPS) is 13.5. The third kappa shape index (κ3) is 3.47. The molecule has 144 valence electrons. The monoisotopic (exact) mass is 381 g/mol. The van der Waals surface area contributed by atoms with Crippen LogP contribution in [0.15, 0.2) is 36.5 Å². The fraction of sp³-hybridized carbons (Fsp3) is 0.286. The number of esters is 1. The number of halogens is 1. The number of fused-ring (bicyclic) bond motifs is 1. The van der Waals surface area contributed by atoms with Gasteiger partial charge in [-0.2, -0.15) is 5.10 Å². The Hall–Kier alpha value is -3.22. The Bertz CT molecular complexity index is 1090. The van der Waals surface area contributed by atoms with Gasteiger partial charge >= 0.3 is 5.97 Å². The number of rotatable bonds is 5. The van der Waals surface area contributed by atoms with Crippen molar-refractivity contribution in [1.82, 2.24) is 15.1 Å². The van der Waals surface area contributed by atoms with E-state index in [1.165, 1.54) is 13.2 Å². The minimum atomic E-state index is -0.417. The first-order chi connectivity index (χ1) is 13.5. The van der Waals surface area contributed by atoms with Gasteiger partial charge in [-0.25, -0.2) is 4.39 Å². The first-order valence-electron chi connectivity index (χ1n) is 9.10. The van der Waals surface area contributed by atoms with E-state index in [1.807, 2.05) is 18.2 Å². The number of ether oxygens (including phenoxy) is 1. The van der Waals surface area contributed by atoms with E-state index in [2.05, 4.69) is 15.2 Å². The number of hydrogen-bond acceptors (Lipinski definition) is 4. The Kier molecular flexibility index (Phi) is 4.58. The summed E-state index contributed by atoms with van der Waals surface area (Å²) in [6.45, 7) is 1.71. The minimum absolute atomic E-state index is 0.0177. The Morgan fingerprint density at radius 3 is 2.79 bits per heavy atom. The fourth-order valence-corrected chi connectivity index (χ4v) is 3.17. The van der Waals surface area contributed by atoms with Crippen molar-refractivity contribution in [3.8, 4) is 11.1 Å². The molecule has 1 N–H and O–H groups in total. The molecule has 1 heterocycles. The predicted molar refractivity (Wildman–Crippen MR) is 102 cm³/mol. The predicted octanol–water partition coefficient (Wildman–Crippen LogP) is 3.22. The molecule has 0 aliphatic heterocycles. The molecule has 6 nitrogen and oxygen atoms in total. The molecule has 0 saturated heterocycles. The molecule has 4 rings (SSSR count). The highest BCUT2D eigenvalue weighted by molar-refractivity contribution is 5.96. The van der Waals surface area contributed by atoms with Gasteiger partial charge in [-0.05, 0) is 60.7 Å². The molecule has 1 aromatic heterocycles. The number of nitrogens with one attached hydrogen (secondary N) is 1. The Labute approximate surface area is 161 Å². The maximum atomic E-state index is 14.5. The van der Waals surface area contributed by atoms with E-state index in [0.717, 1.165) is 29.3 Å². The summed E-state index contributed by atoms with van der Waals surface area (Å²) in [7, 11) is 1.33. The van der Waals surface area contributed by atoms with Gasteiger partial charge in [0.05, 0.1) is 18.8 Å². The molecule has 0 unspecified atom stereocenters. The summed E-state index contributed by atoms with van der Waals surface area (Å²) in [6.07, 6.45) is 3.59.